The van der Waals surface area contributed by atoms with Crippen molar-refractivity contribution in [2.45, 2.75) is 38.8 Å². The topological polar surface area (TPSA) is 77.2 Å². The number of benzene rings is 1. The predicted molar refractivity (Wildman–Crippen MR) is 91.4 cm³/mol. The molecule has 130 valence electrons. The van der Waals surface area contributed by atoms with E-state index in [9.17, 15) is 9.90 Å². The highest BCUT2D eigenvalue weighted by molar-refractivity contribution is 6.42. The Balaban J connectivity index is 1.86. The molecule has 2 rings (SSSR count). The molecular formula is C16H19Cl2N3O3. The average Bonchev–Trinajstić information content (AvgIpc) is 3.00. The Kier molecular flexibility index (Phi) is 7.02. The van der Waals surface area contributed by atoms with Gasteiger partial charge in [0.15, 0.2) is 0 Å². The molecule has 1 heterocycles. The van der Waals surface area contributed by atoms with Gasteiger partial charge in [0.1, 0.15) is 6.33 Å². The lowest BCUT2D eigenvalue weighted by Crippen LogP contribution is -2.22. The van der Waals surface area contributed by atoms with Crippen LogP contribution in [0.5, 0.6) is 0 Å². The van der Waals surface area contributed by atoms with Gasteiger partial charge in [-0.25, -0.2) is 14.5 Å². The van der Waals surface area contributed by atoms with Gasteiger partial charge in [-0.15, -0.1) is 0 Å². The summed E-state index contributed by atoms with van der Waals surface area (Å²) in [4.78, 5) is 15.6. The number of carbonyl (C=O) groups excluding carboxylic acids is 1. The summed E-state index contributed by atoms with van der Waals surface area (Å²) < 4.78 is 6.26. The fourth-order valence-corrected chi connectivity index (χ4v) is 2.73. The number of carbonyl (C=O) groups is 1. The highest BCUT2D eigenvalue weighted by Crippen LogP contribution is 2.26. The summed E-state index contributed by atoms with van der Waals surface area (Å²) in [5.74, 6) is -0.457. The Labute approximate surface area is 150 Å². The molecule has 0 fully saturated rings. The lowest BCUT2D eigenvalue weighted by atomic mass is 10.1. The van der Waals surface area contributed by atoms with Gasteiger partial charge in [0.05, 0.1) is 29.3 Å². The Morgan fingerprint density at radius 2 is 2.21 bits per heavy atom. The van der Waals surface area contributed by atoms with E-state index < -0.39 is 12.1 Å². The Hall–Kier alpha value is -1.63. The highest BCUT2D eigenvalue weighted by Gasteiger charge is 2.17. The zero-order chi connectivity index (χ0) is 17.5. The van der Waals surface area contributed by atoms with Crippen molar-refractivity contribution >= 4 is 29.2 Å². The summed E-state index contributed by atoms with van der Waals surface area (Å²) >= 11 is 12.1. The first-order chi connectivity index (χ1) is 11.5. The molecule has 8 heteroatoms. The summed E-state index contributed by atoms with van der Waals surface area (Å²) in [6.07, 6.45) is 2.58. The maximum atomic E-state index is 11.7. The predicted octanol–water partition coefficient (Wildman–Crippen LogP) is 3.15. The van der Waals surface area contributed by atoms with E-state index in [1.54, 1.807) is 13.0 Å². The number of ether oxygens (including phenoxy) is 1. The van der Waals surface area contributed by atoms with Gasteiger partial charge in [-0.1, -0.05) is 35.3 Å². The van der Waals surface area contributed by atoms with Gasteiger partial charge in [-0.05, 0) is 37.8 Å². The fourth-order valence-electron chi connectivity index (χ4n) is 2.31. The van der Waals surface area contributed by atoms with E-state index in [1.807, 2.05) is 12.1 Å². The molecule has 2 aromatic rings. The van der Waals surface area contributed by atoms with Gasteiger partial charge >= 0.3 is 5.97 Å². The first-order valence-electron chi connectivity index (χ1n) is 7.68. The first kappa shape index (κ1) is 18.7. The maximum absolute atomic E-state index is 11.7. The minimum Gasteiger partial charge on any atom is -0.460 e. The van der Waals surface area contributed by atoms with Crippen LogP contribution in [0.4, 0.5) is 0 Å². The molecule has 0 bridgehead atoms. The summed E-state index contributed by atoms with van der Waals surface area (Å²) in [6, 6.07) is 5.50. The Bertz CT molecular complexity index is 691. The van der Waals surface area contributed by atoms with Crippen LogP contribution in [0.1, 0.15) is 35.9 Å². The van der Waals surface area contributed by atoms with Crippen molar-refractivity contribution in [2.24, 2.45) is 0 Å². The lowest BCUT2D eigenvalue weighted by Gasteiger charge is -2.12. The van der Waals surface area contributed by atoms with Gasteiger partial charge in [0, 0.05) is 0 Å². The van der Waals surface area contributed by atoms with Crippen molar-refractivity contribution in [3.05, 3.63) is 46.0 Å². The number of aryl methyl sites for hydroxylation is 1. The van der Waals surface area contributed by atoms with E-state index >= 15 is 0 Å². The van der Waals surface area contributed by atoms with Gasteiger partial charge < -0.3 is 9.84 Å². The van der Waals surface area contributed by atoms with Crippen molar-refractivity contribution in [1.29, 1.82) is 0 Å². The summed E-state index contributed by atoms with van der Waals surface area (Å²) in [6.45, 7) is 2.15. The molecule has 24 heavy (non-hydrogen) atoms. The number of hydrogen-bond acceptors (Lipinski definition) is 5. The molecular weight excluding hydrogens is 353 g/mol. The quantitative estimate of drug-likeness (QED) is 0.721. The number of aliphatic hydroxyl groups excluding tert-OH is 1. The highest BCUT2D eigenvalue weighted by atomic mass is 35.5. The number of rotatable bonds is 8. The van der Waals surface area contributed by atoms with Crippen LogP contribution in [0.15, 0.2) is 24.5 Å². The zero-order valence-corrected chi connectivity index (χ0v) is 14.8. The molecule has 0 radical (unpaired) electrons. The van der Waals surface area contributed by atoms with E-state index in [4.69, 9.17) is 27.9 Å². The molecule has 0 amide bonds. The number of hydrogen-bond donors (Lipinski definition) is 1. The van der Waals surface area contributed by atoms with Crippen molar-refractivity contribution in [3.8, 4) is 0 Å². The van der Waals surface area contributed by atoms with Gasteiger partial charge in [-0.3, -0.25) is 0 Å². The monoisotopic (exact) mass is 371 g/mol. The second kappa shape index (κ2) is 9.01. The second-order valence-corrected chi connectivity index (χ2v) is 6.03. The molecule has 0 saturated heterocycles. The molecule has 0 spiro atoms. The van der Waals surface area contributed by atoms with Crippen molar-refractivity contribution in [3.63, 3.8) is 0 Å². The summed E-state index contributed by atoms with van der Waals surface area (Å²) in [5.41, 5.74) is 0.948. The smallest absolute Gasteiger partial charge is 0.376 e. The SMILES string of the molecule is CCOC(=O)c1ncnn1C[C@@H](O)CCCc1cccc(Cl)c1Cl. The van der Waals surface area contributed by atoms with Crippen LogP contribution in [0.25, 0.3) is 0 Å². The van der Waals surface area contributed by atoms with E-state index in [0.29, 0.717) is 22.9 Å². The van der Waals surface area contributed by atoms with Crippen LogP contribution < -0.4 is 0 Å². The third-order valence-corrected chi connectivity index (χ3v) is 4.33. The van der Waals surface area contributed by atoms with Crippen molar-refractivity contribution in [1.82, 2.24) is 14.8 Å². The van der Waals surface area contributed by atoms with E-state index in [2.05, 4.69) is 10.1 Å². The van der Waals surface area contributed by atoms with E-state index in [0.717, 1.165) is 12.0 Å². The largest absolute Gasteiger partial charge is 0.460 e. The number of aromatic nitrogens is 3. The number of nitrogens with zero attached hydrogens (tertiary/aromatic N) is 3. The molecule has 0 unspecified atom stereocenters. The molecule has 6 nitrogen and oxygen atoms in total. The van der Waals surface area contributed by atoms with Crippen molar-refractivity contribution in [2.75, 3.05) is 6.61 Å². The molecule has 0 aliphatic heterocycles. The van der Waals surface area contributed by atoms with Crippen LogP contribution in [0.3, 0.4) is 0 Å². The zero-order valence-electron chi connectivity index (χ0n) is 13.3. The van der Waals surface area contributed by atoms with E-state index in [-0.39, 0.29) is 19.0 Å². The Morgan fingerprint density at radius 1 is 1.42 bits per heavy atom. The number of halogens is 2. The minimum atomic E-state index is -0.655. The van der Waals surface area contributed by atoms with Crippen LogP contribution in [-0.2, 0) is 17.7 Å². The summed E-state index contributed by atoms with van der Waals surface area (Å²) in [7, 11) is 0. The first-order valence-corrected chi connectivity index (χ1v) is 8.44. The molecule has 0 aliphatic rings. The van der Waals surface area contributed by atoms with Gasteiger partial charge in [0.25, 0.3) is 0 Å². The minimum absolute atomic E-state index is 0.0915. The van der Waals surface area contributed by atoms with Crippen LogP contribution in [-0.4, -0.2) is 38.6 Å². The molecule has 0 aliphatic carbocycles. The fraction of sp³-hybridized carbons (Fsp3) is 0.438. The maximum Gasteiger partial charge on any atom is 0.376 e. The van der Waals surface area contributed by atoms with Crippen LogP contribution in [0, 0.1) is 0 Å². The third-order valence-electron chi connectivity index (χ3n) is 3.47. The third kappa shape index (κ3) is 4.93. The average molecular weight is 372 g/mol. The van der Waals surface area contributed by atoms with Gasteiger partial charge in [-0.2, -0.15) is 5.10 Å². The second-order valence-electron chi connectivity index (χ2n) is 5.25. The van der Waals surface area contributed by atoms with Crippen LogP contribution >= 0.6 is 23.2 Å². The molecule has 1 aromatic heterocycles. The molecule has 1 atom stereocenters. The molecule has 1 N–H and O–H groups in total. The molecule has 1 aromatic carbocycles. The summed E-state index contributed by atoms with van der Waals surface area (Å²) in [5, 5.41) is 15.2. The van der Waals surface area contributed by atoms with Crippen molar-refractivity contribution < 1.29 is 14.6 Å². The van der Waals surface area contributed by atoms with Crippen LogP contribution in [0.2, 0.25) is 10.0 Å². The number of esters is 1. The standard InChI is InChI=1S/C16H19Cl2N3O3/c1-2-24-16(23)15-19-10-20-21(15)9-12(22)7-3-5-11-6-4-8-13(17)14(11)18/h4,6,8,10,12,22H,2-3,5,7,9H2,1H3/t12-/m0/s1. The Morgan fingerprint density at radius 3 is 2.96 bits per heavy atom. The normalized spacial score (nSPS) is 12.2. The lowest BCUT2D eigenvalue weighted by molar-refractivity contribution is 0.0497. The molecule has 0 saturated carbocycles. The van der Waals surface area contributed by atoms with E-state index in [1.165, 1.54) is 11.0 Å². The number of aliphatic hydroxyl groups is 1. The van der Waals surface area contributed by atoms with Gasteiger partial charge in [0.2, 0.25) is 5.82 Å².